The molecule has 0 bridgehead atoms. The van der Waals surface area contributed by atoms with E-state index >= 15 is 0 Å². The molecule has 1 saturated heterocycles. The summed E-state index contributed by atoms with van der Waals surface area (Å²) in [6.45, 7) is 2.05. The second-order valence-electron chi connectivity index (χ2n) is 7.91. The molecule has 164 valence electrons. The monoisotopic (exact) mass is 455 g/mol. The number of hydrogen-bond acceptors (Lipinski definition) is 4. The Morgan fingerprint density at radius 2 is 1.70 bits per heavy atom. The largest absolute Gasteiger partial charge is 0.351 e. The van der Waals surface area contributed by atoms with Gasteiger partial charge in [-0.2, -0.15) is 0 Å². The van der Waals surface area contributed by atoms with Crippen molar-refractivity contribution in [2.24, 2.45) is 0 Å². The smallest absolute Gasteiger partial charge is 0.269 e. The van der Waals surface area contributed by atoms with Crippen LogP contribution in [0.15, 0.2) is 91.3 Å². The van der Waals surface area contributed by atoms with Crippen molar-refractivity contribution in [1.29, 1.82) is 0 Å². The number of pyridine rings is 1. The standard InChI is InChI=1S/C25H21N5O2S/c1-17-7-9-19(10-8-17)29-24(23(27-25(29)33)21-5-2-3-15-26-21)22-6-4-16-28(22)18-11-13-20(14-12-18)30(31)32/h2-16,23-24H,1H3,(H,27,33)/t23-,24+/m1/s1. The first-order valence-electron chi connectivity index (χ1n) is 10.5. The van der Waals surface area contributed by atoms with E-state index in [1.807, 2.05) is 35.0 Å². The molecule has 2 aromatic carbocycles. The zero-order valence-corrected chi connectivity index (χ0v) is 18.6. The Morgan fingerprint density at radius 3 is 2.36 bits per heavy atom. The van der Waals surface area contributed by atoms with E-state index in [0.29, 0.717) is 5.11 Å². The lowest BCUT2D eigenvalue weighted by Crippen LogP contribution is -2.30. The molecule has 5 rings (SSSR count). The van der Waals surface area contributed by atoms with Gasteiger partial charge in [-0.1, -0.05) is 23.8 Å². The third-order valence-corrected chi connectivity index (χ3v) is 6.15. The molecule has 1 N–H and O–H groups in total. The van der Waals surface area contributed by atoms with Crippen LogP contribution >= 0.6 is 12.2 Å². The Hall–Kier alpha value is -4.04. The molecule has 0 saturated carbocycles. The molecule has 4 aromatic rings. The Morgan fingerprint density at radius 1 is 0.970 bits per heavy atom. The molecular formula is C25H21N5O2S. The molecule has 0 amide bonds. The van der Waals surface area contributed by atoms with Gasteiger partial charge in [-0.05, 0) is 67.7 Å². The first-order chi connectivity index (χ1) is 16.0. The number of thiocarbonyl (C=S) groups is 1. The number of nitrogens with one attached hydrogen (secondary N) is 1. The Kier molecular flexibility index (Phi) is 5.35. The van der Waals surface area contributed by atoms with Crippen LogP contribution in [-0.4, -0.2) is 19.6 Å². The average Bonchev–Trinajstić information content (AvgIpc) is 3.44. The number of anilines is 1. The van der Waals surface area contributed by atoms with Crippen molar-refractivity contribution in [3.8, 4) is 5.69 Å². The number of non-ortho nitro benzene ring substituents is 1. The third kappa shape index (κ3) is 3.85. The van der Waals surface area contributed by atoms with Crippen molar-refractivity contribution in [2.75, 3.05) is 4.90 Å². The number of nitro groups is 1. The zero-order chi connectivity index (χ0) is 22.9. The van der Waals surface area contributed by atoms with Crippen molar-refractivity contribution >= 4 is 28.7 Å². The highest BCUT2D eigenvalue weighted by atomic mass is 32.1. The highest BCUT2D eigenvalue weighted by Crippen LogP contribution is 2.42. The van der Waals surface area contributed by atoms with Gasteiger partial charge in [-0.15, -0.1) is 0 Å². The van der Waals surface area contributed by atoms with Crippen molar-refractivity contribution < 1.29 is 4.92 Å². The molecule has 1 aliphatic heterocycles. The van der Waals surface area contributed by atoms with Gasteiger partial charge in [0.05, 0.1) is 16.7 Å². The SMILES string of the molecule is Cc1ccc(N2C(=S)N[C@H](c3ccccn3)[C@@H]2c2cccn2-c2ccc([N+](=O)[O-])cc2)cc1. The van der Waals surface area contributed by atoms with Gasteiger partial charge in [0.25, 0.3) is 5.69 Å². The van der Waals surface area contributed by atoms with Crippen LogP contribution in [0.4, 0.5) is 11.4 Å². The van der Waals surface area contributed by atoms with E-state index < -0.39 is 4.92 Å². The van der Waals surface area contributed by atoms with Gasteiger partial charge in [0, 0.05) is 41.6 Å². The van der Waals surface area contributed by atoms with Crippen molar-refractivity contribution in [2.45, 2.75) is 19.0 Å². The van der Waals surface area contributed by atoms with Crippen LogP contribution in [0.5, 0.6) is 0 Å². The van der Waals surface area contributed by atoms with Crippen molar-refractivity contribution in [1.82, 2.24) is 14.9 Å². The summed E-state index contributed by atoms with van der Waals surface area (Å²) in [4.78, 5) is 17.4. The molecule has 2 aromatic heterocycles. The quantitative estimate of drug-likeness (QED) is 0.251. The topological polar surface area (TPSA) is 76.2 Å². The number of hydrogen-bond donors (Lipinski definition) is 1. The zero-order valence-electron chi connectivity index (χ0n) is 17.8. The maximum Gasteiger partial charge on any atom is 0.269 e. The highest BCUT2D eigenvalue weighted by Gasteiger charge is 2.42. The molecule has 1 aliphatic rings. The van der Waals surface area contributed by atoms with Gasteiger partial charge in [-0.25, -0.2) is 0 Å². The van der Waals surface area contributed by atoms with E-state index in [1.54, 1.807) is 18.3 Å². The number of aryl methyl sites for hydroxylation is 1. The number of nitro benzene ring substituents is 1. The van der Waals surface area contributed by atoms with Gasteiger partial charge in [0.15, 0.2) is 5.11 Å². The van der Waals surface area contributed by atoms with Gasteiger partial charge in [0.2, 0.25) is 0 Å². The third-order valence-electron chi connectivity index (χ3n) is 5.83. The van der Waals surface area contributed by atoms with E-state index in [2.05, 4.69) is 52.5 Å². The molecule has 0 aliphatic carbocycles. The summed E-state index contributed by atoms with van der Waals surface area (Å²) < 4.78 is 2.04. The minimum atomic E-state index is -0.393. The van der Waals surface area contributed by atoms with E-state index in [0.717, 1.165) is 22.8 Å². The minimum Gasteiger partial charge on any atom is -0.351 e. The number of aromatic nitrogens is 2. The summed E-state index contributed by atoms with van der Waals surface area (Å²) in [7, 11) is 0. The van der Waals surface area contributed by atoms with Crippen LogP contribution in [0.2, 0.25) is 0 Å². The van der Waals surface area contributed by atoms with Crippen LogP contribution in [0.1, 0.15) is 29.0 Å². The second kappa shape index (κ2) is 8.48. The lowest BCUT2D eigenvalue weighted by molar-refractivity contribution is -0.384. The Bertz CT molecular complexity index is 1300. The average molecular weight is 456 g/mol. The predicted octanol–water partition coefficient (Wildman–Crippen LogP) is 5.27. The number of nitrogens with zero attached hydrogens (tertiary/aromatic N) is 4. The molecule has 0 unspecified atom stereocenters. The summed E-state index contributed by atoms with van der Waals surface area (Å²) in [5.74, 6) is 0. The van der Waals surface area contributed by atoms with E-state index in [-0.39, 0.29) is 17.8 Å². The number of rotatable bonds is 5. The van der Waals surface area contributed by atoms with Crippen LogP contribution in [0.25, 0.3) is 5.69 Å². The predicted molar refractivity (Wildman–Crippen MR) is 132 cm³/mol. The van der Waals surface area contributed by atoms with Crippen molar-refractivity contribution in [3.05, 3.63) is 118 Å². The summed E-state index contributed by atoms with van der Waals surface area (Å²) in [6.07, 6.45) is 3.74. The molecule has 3 heterocycles. The Labute approximate surface area is 196 Å². The molecular weight excluding hydrogens is 434 g/mol. The fourth-order valence-corrected chi connectivity index (χ4v) is 4.59. The molecule has 1 fully saturated rings. The van der Waals surface area contributed by atoms with E-state index in [1.165, 1.54) is 17.7 Å². The van der Waals surface area contributed by atoms with E-state index in [4.69, 9.17) is 12.2 Å². The molecule has 0 spiro atoms. The highest BCUT2D eigenvalue weighted by molar-refractivity contribution is 7.80. The molecule has 7 nitrogen and oxygen atoms in total. The maximum atomic E-state index is 11.1. The molecule has 0 radical (unpaired) electrons. The van der Waals surface area contributed by atoms with Gasteiger partial charge < -0.3 is 14.8 Å². The molecule has 33 heavy (non-hydrogen) atoms. The fraction of sp³-hybridized carbons (Fsp3) is 0.120. The summed E-state index contributed by atoms with van der Waals surface area (Å²) >= 11 is 5.79. The van der Waals surface area contributed by atoms with Crippen molar-refractivity contribution in [3.63, 3.8) is 0 Å². The first kappa shape index (κ1) is 20.8. The molecule has 8 heteroatoms. The van der Waals surface area contributed by atoms with Crippen LogP contribution in [0, 0.1) is 17.0 Å². The second-order valence-corrected chi connectivity index (χ2v) is 8.30. The van der Waals surface area contributed by atoms with Gasteiger partial charge in [-0.3, -0.25) is 15.1 Å². The van der Waals surface area contributed by atoms with Crippen LogP contribution < -0.4 is 10.2 Å². The lowest BCUT2D eigenvalue weighted by Gasteiger charge is -2.29. The van der Waals surface area contributed by atoms with Gasteiger partial charge in [0.1, 0.15) is 6.04 Å². The first-order valence-corrected chi connectivity index (χ1v) is 10.9. The minimum absolute atomic E-state index is 0.0591. The fourth-order valence-electron chi connectivity index (χ4n) is 4.24. The van der Waals surface area contributed by atoms with E-state index in [9.17, 15) is 10.1 Å². The lowest BCUT2D eigenvalue weighted by atomic mass is 10.0. The summed E-state index contributed by atoms with van der Waals surface area (Å²) in [6, 6.07) is 24.3. The van der Waals surface area contributed by atoms with Crippen LogP contribution in [-0.2, 0) is 0 Å². The molecule has 2 atom stereocenters. The summed E-state index contributed by atoms with van der Waals surface area (Å²) in [5.41, 5.74) is 4.93. The number of benzene rings is 2. The Balaban J connectivity index is 1.63. The van der Waals surface area contributed by atoms with Crippen LogP contribution in [0.3, 0.4) is 0 Å². The maximum absolute atomic E-state index is 11.1. The summed E-state index contributed by atoms with van der Waals surface area (Å²) in [5, 5.41) is 15.2. The van der Waals surface area contributed by atoms with Gasteiger partial charge >= 0.3 is 0 Å². The normalized spacial score (nSPS) is 17.7.